The van der Waals surface area contributed by atoms with Crippen molar-refractivity contribution in [2.45, 2.75) is 25.4 Å². The fourth-order valence-corrected chi connectivity index (χ4v) is 2.87. The Hall–Kier alpha value is -1.79. The van der Waals surface area contributed by atoms with Crippen LogP contribution in [0.1, 0.15) is 18.4 Å². The first-order valence-electron chi connectivity index (χ1n) is 7.86. The zero-order valence-corrected chi connectivity index (χ0v) is 13.7. The molecule has 1 aliphatic heterocycles. The number of carbonyl (C=O) groups excluding carboxylic acids is 1. The van der Waals surface area contributed by atoms with E-state index in [1.807, 2.05) is 18.2 Å². The molecule has 1 aromatic carbocycles. The van der Waals surface area contributed by atoms with Crippen molar-refractivity contribution in [2.75, 3.05) is 33.9 Å². The summed E-state index contributed by atoms with van der Waals surface area (Å²) < 4.78 is 10.5. The van der Waals surface area contributed by atoms with Gasteiger partial charge in [-0.15, -0.1) is 0 Å². The molecule has 2 rings (SSSR count). The fourth-order valence-electron chi connectivity index (χ4n) is 2.87. The lowest BCUT2D eigenvalue weighted by atomic mass is 9.94. The number of hydrogen-bond donors (Lipinski definition) is 2. The number of amides is 1. The second-order valence-electron chi connectivity index (χ2n) is 5.83. The number of hydrogen-bond acceptors (Lipinski definition) is 5. The van der Waals surface area contributed by atoms with Gasteiger partial charge >= 0.3 is 0 Å². The molecule has 0 unspecified atom stereocenters. The van der Waals surface area contributed by atoms with Crippen LogP contribution in [0.2, 0.25) is 0 Å². The van der Waals surface area contributed by atoms with Crippen LogP contribution in [-0.4, -0.2) is 61.0 Å². The van der Waals surface area contributed by atoms with Gasteiger partial charge in [0.05, 0.1) is 20.3 Å². The lowest BCUT2D eigenvalue weighted by molar-refractivity contribution is -0.136. The highest BCUT2D eigenvalue weighted by Gasteiger charge is 2.29. The van der Waals surface area contributed by atoms with E-state index in [0.29, 0.717) is 43.9 Å². The molecule has 128 valence electrons. The Labute approximate surface area is 136 Å². The minimum absolute atomic E-state index is 0.0234. The summed E-state index contributed by atoms with van der Waals surface area (Å²) in [5, 5.41) is 19.1. The van der Waals surface area contributed by atoms with Gasteiger partial charge in [0.1, 0.15) is 0 Å². The molecule has 1 amide bonds. The van der Waals surface area contributed by atoms with E-state index in [-0.39, 0.29) is 18.4 Å². The maximum atomic E-state index is 12.3. The first-order valence-corrected chi connectivity index (χ1v) is 7.86. The molecule has 1 aromatic rings. The average Bonchev–Trinajstić information content (AvgIpc) is 2.59. The Kier molecular flexibility index (Phi) is 6.24. The number of carbonyl (C=O) groups is 1. The lowest BCUT2D eigenvalue weighted by Crippen LogP contribution is -2.47. The highest BCUT2D eigenvalue weighted by Crippen LogP contribution is 2.28. The third-order valence-corrected chi connectivity index (χ3v) is 4.38. The highest BCUT2D eigenvalue weighted by molar-refractivity contribution is 5.76. The maximum Gasteiger partial charge on any atom is 0.222 e. The molecule has 1 fully saturated rings. The van der Waals surface area contributed by atoms with Crippen LogP contribution in [0.25, 0.3) is 0 Å². The van der Waals surface area contributed by atoms with Gasteiger partial charge in [-0.2, -0.15) is 0 Å². The van der Waals surface area contributed by atoms with E-state index >= 15 is 0 Å². The predicted octanol–water partition coefficient (Wildman–Crippen LogP) is 0.838. The molecule has 0 saturated carbocycles. The number of aliphatic hydroxyl groups excluding tert-OH is 2. The SMILES string of the molecule is COc1ccc(CCC(=O)N2CC[C@H](CO)[C@H](O)C2)cc1OC. The first-order chi connectivity index (χ1) is 11.1. The van der Waals surface area contributed by atoms with Crippen molar-refractivity contribution in [3.05, 3.63) is 23.8 Å². The normalized spacial score (nSPS) is 21.1. The summed E-state index contributed by atoms with van der Waals surface area (Å²) in [7, 11) is 3.17. The number of nitrogens with zero attached hydrogens (tertiary/aromatic N) is 1. The molecule has 1 aliphatic rings. The Morgan fingerprint density at radius 1 is 1.30 bits per heavy atom. The van der Waals surface area contributed by atoms with Gasteiger partial charge in [-0.25, -0.2) is 0 Å². The second-order valence-corrected chi connectivity index (χ2v) is 5.83. The Balaban J connectivity index is 1.89. The van der Waals surface area contributed by atoms with Gasteiger partial charge in [-0.3, -0.25) is 4.79 Å². The highest BCUT2D eigenvalue weighted by atomic mass is 16.5. The quantitative estimate of drug-likeness (QED) is 0.811. The van der Waals surface area contributed by atoms with Gasteiger partial charge in [0.2, 0.25) is 5.91 Å². The van der Waals surface area contributed by atoms with Crippen LogP contribution >= 0.6 is 0 Å². The van der Waals surface area contributed by atoms with E-state index in [2.05, 4.69) is 0 Å². The first kappa shape index (κ1) is 17.6. The van der Waals surface area contributed by atoms with E-state index in [1.54, 1.807) is 19.1 Å². The fraction of sp³-hybridized carbons (Fsp3) is 0.588. The van der Waals surface area contributed by atoms with Crippen molar-refractivity contribution in [1.29, 1.82) is 0 Å². The minimum atomic E-state index is -0.640. The monoisotopic (exact) mass is 323 g/mol. The molecule has 0 spiro atoms. The molecule has 6 nitrogen and oxygen atoms in total. The number of aryl methyl sites for hydroxylation is 1. The number of β-amino-alcohol motifs (C(OH)–C–C–N with tert-alkyl or cyclic N) is 1. The minimum Gasteiger partial charge on any atom is -0.493 e. The van der Waals surface area contributed by atoms with Crippen molar-refractivity contribution >= 4 is 5.91 Å². The number of rotatable bonds is 6. The van der Waals surface area contributed by atoms with Crippen molar-refractivity contribution in [1.82, 2.24) is 4.90 Å². The van der Waals surface area contributed by atoms with Gasteiger partial charge in [0, 0.05) is 32.0 Å². The summed E-state index contributed by atoms with van der Waals surface area (Å²) in [5.74, 6) is 1.22. The van der Waals surface area contributed by atoms with E-state index in [9.17, 15) is 9.90 Å². The van der Waals surface area contributed by atoms with Crippen molar-refractivity contribution in [3.8, 4) is 11.5 Å². The van der Waals surface area contributed by atoms with E-state index in [4.69, 9.17) is 14.6 Å². The van der Waals surface area contributed by atoms with Crippen molar-refractivity contribution in [2.24, 2.45) is 5.92 Å². The van der Waals surface area contributed by atoms with Gasteiger partial charge in [-0.1, -0.05) is 6.07 Å². The zero-order valence-electron chi connectivity index (χ0n) is 13.7. The standard InChI is InChI=1S/C17H25NO5/c1-22-15-5-3-12(9-16(15)23-2)4-6-17(21)18-8-7-13(11-19)14(20)10-18/h3,5,9,13-14,19-20H,4,6-8,10-11H2,1-2H3/t13-,14-/m1/s1. The Bertz CT molecular complexity index is 534. The van der Waals surface area contributed by atoms with Gasteiger partial charge in [0.25, 0.3) is 0 Å². The second kappa shape index (κ2) is 8.17. The molecule has 0 radical (unpaired) electrons. The maximum absolute atomic E-state index is 12.3. The van der Waals surface area contributed by atoms with Gasteiger partial charge in [-0.05, 0) is 30.5 Å². The molecule has 0 aromatic heterocycles. The number of ether oxygens (including phenoxy) is 2. The van der Waals surface area contributed by atoms with E-state index in [0.717, 1.165) is 5.56 Å². The van der Waals surface area contributed by atoms with Crippen LogP contribution in [-0.2, 0) is 11.2 Å². The summed E-state index contributed by atoms with van der Waals surface area (Å²) in [4.78, 5) is 14.0. The molecule has 0 aliphatic carbocycles. The van der Waals surface area contributed by atoms with Crippen LogP contribution in [0.4, 0.5) is 0 Å². The zero-order chi connectivity index (χ0) is 16.8. The van der Waals surface area contributed by atoms with Crippen molar-refractivity contribution < 1.29 is 24.5 Å². The summed E-state index contributed by atoms with van der Waals surface area (Å²) in [5.41, 5.74) is 1.00. The van der Waals surface area contributed by atoms with Crippen molar-refractivity contribution in [3.63, 3.8) is 0 Å². The summed E-state index contributed by atoms with van der Waals surface area (Å²) in [6.07, 6.45) is 0.986. The summed E-state index contributed by atoms with van der Waals surface area (Å²) >= 11 is 0. The topological polar surface area (TPSA) is 79.2 Å². The molecule has 23 heavy (non-hydrogen) atoms. The predicted molar refractivity (Wildman–Crippen MR) is 85.6 cm³/mol. The molecule has 0 bridgehead atoms. The largest absolute Gasteiger partial charge is 0.493 e. The smallest absolute Gasteiger partial charge is 0.222 e. The third-order valence-electron chi connectivity index (χ3n) is 4.38. The van der Waals surface area contributed by atoms with E-state index < -0.39 is 6.10 Å². The Morgan fingerprint density at radius 2 is 2.04 bits per heavy atom. The van der Waals surface area contributed by atoms with Crippen LogP contribution in [0, 0.1) is 5.92 Å². The molecule has 1 heterocycles. The molecular formula is C17H25NO5. The number of benzene rings is 1. The number of likely N-dealkylation sites (tertiary alicyclic amines) is 1. The third kappa shape index (κ3) is 4.36. The molecule has 2 N–H and O–H groups in total. The molecule has 1 saturated heterocycles. The lowest BCUT2D eigenvalue weighted by Gasteiger charge is -2.35. The van der Waals surface area contributed by atoms with Crippen LogP contribution in [0.5, 0.6) is 11.5 Å². The molecular weight excluding hydrogens is 298 g/mol. The van der Waals surface area contributed by atoms with Gasteiger partial charge in [0.15, 0.2) is 11.5 Å². The van der Waals surface area contributed by atoms with Crippen LogP contribution < -0.4 is 9.47 Å². The van der Waals surface area contributed by atoms with Crippen LogP contribution in [0.15, 0.2) is 18.2 Å². The number of piperidine rings is 1. The van der Waals surface area contributed by atoms with Crippen LogP contribution in [0.3, 0.4) is 0 Å². The summed E-state index contributed by atoms with van der Waals surface area (Å²) in [6, 6.07) is 5.62. The molecule has 6 heteroatoms. The van der Waals surface area contributed by atoms with E-state index in [1.165, 1.54) is 0 Å². The molecule has 2 atom stereocenters. The number of aliphatic hydroxyl groups is 2. The number of methoxy groups -OCH3 is 2. The Morgan fingerprint density at radius 3 is 2.65 bits per heavy atom. The van der Waals surface area contributed by atoms with Gasteiger partial charge < -0.3 is 24.6 Å². The average molecular weight is 323 g/mol. The summed E-state index contributed by atoms with van der Waals surface area (Å²) in [6.45, 7) is 0.859.